The third-order valence-electron chi connectivity index (χ3n) is 6.43. The highest BCUT2D eigenvalue weighted by Gasteiger charge is 2.40. The van der Waals surface area contributed by atoms with Crippen molar-refractivity contribution in [2.75, 3.05) is 45.3 Å². The Bertz CT molecular complexity index is 1280. The molecular weight excluding hydrogens is 420 g/mol. The second-order valence-corrected chi connectivity index (χ2v) is 10.4. The normalized spacial score (nSPS) is 17.4. The number of benzene rings is 2. The van der Waals surface area contributed by atoms with E-state index in [9.17, 15) is 10.1 Å². The Hall–Kier alpha value is -2.79. The lowest BCUT2D eigenvalue weighted by molar-refractivity contribution is 0.103. The monoisotopic (exact) mass is 446 g/mol. The van der Waals surface area contributed by atoms with Crippen molar-refractivity contribution in [3.63, 3.8) is 0 Å². The highest BCUT2D eigenvalue weighted by Crippen LogP contribution is 2.47. The Morgan fingerprint density at radius 2 is 1.94 bits per heavy atom. The Morgan fingerprint density at radius 1 is 1.19 bits per heavy atom. The quantitative estimate of drug-likeness (QED) is 0.605. The van der Waals surface area contributed by atoms with E-state index in [1.54, 1.807) is 18.0 Å². The summed E-state index contributed by atoms with van der Waals surface area (Å²) in [5.41, 5.74) is 5.62. The standard InChI is InChI=1S/C25H26N4O2S/c1-25(2)18-13-20(29-7-9-31-10-8-29)21(32-28(3)4)12-17(18)23(30)22-16-6-5-15(14-26)11-19(16)27-24(22)25/h5-6,11-13,27H,7-10H2,1-4H3. The van der Waals surface area contributed by atoms with Crippen molar-refractivity contribution in [3.8, 4) is 6.07 Å². The molecule has 1 saturated heterocycles. The van der Waals surface area contributed by atoms with Crippen molar-refractivity contribution in [3.05, 3.63) is 58.3 Å². The fourth-order valence-corrected chi connectivity index (χ4v) is 5.68. The summed E-state index contributed by atoms with van der Waals surface area (Å²) in [7, 11) is 4.03. The van der Waals surface area contributed by atoms with Gasteiger partial charge in [0.05, 0.1) is 36.1 Å². The molecule has 7 heteroatoms. The maximum atomic E-state index is 13.8. The SMILES string of the molecule is CN(C)Sc1cc2c(cc1N1CCOCC1)C(C)(C)c1[nH]c3cc(C#N)ccc3c1C2=O. The van der Waals surface area contributed by atoms with Crippen molar-refractivity contribution in [2.24, 2.45) is 0 Å². The van der Waals surface area contributed by atoms with Crippen molar-refractivity contribution < 1.29 is 9.53 Å². The zero-order valence-corrected chi connectivity index (χ0v) is 19.6. The van der Waals surface area contributed by atoms with Crippen LogP contribution in [0, 0.1) is 11.3 Å². The van der Waals surface area contributed by atoms with Gasteiger partial charge in [-0.1, -0.05) is 19.9 Å². The molecule has 1 aromatic heterocycles. The molecule has 0 saturated carbocycles. The molecule has 1 fully saturated rings. The molecule has 0 radical (unpaired) electrons. The molecular formula is C25H26N4O2S. The van der Waals surface area contributed by atoms with Crippen LogP contribution in [0.5, 0.6) is 0 Å². The van der Waals surface area contributed by atoms with Gasteiger partial charge in [0.15, 0.2) is 5.78 Å². The Labute approximate surface area is 192 Å². The Kier molecular flexibility index (Phi) is 5.05. The summed E-state index contributed by atoms with van der Waals surface area (Å²) in [4.78, 5) is 20.7. The maximum Gasteiger partial charge on any atom is 0.195 e. The van der Waals surface area contributed by atoms with Crippen molar-refractivity contribution in [1.82, 2.24) is 9.29 Å². The number of ether oxygens (including phenoxy) is 1. The van der Waals surface area contributed by atoms with Gasteiger partial charge in [0, 0.05) is 45.6 Å². The lowest BCUT2D eigenvalue weighted by atomic mass is 9.71. The van der Waals surface area contributed by atoms with Gasteiger partial charge in [0.1, 0.15) is 0 Å². The van der Waals surface area contributed by atoms with Gasteiger partial charge in [-0.2, -0.15) is 5.26 Å². The van der Waals surface area contributed by atoms with E-state index < -0.39 is 0 Å². The molecule has 0 bridgehead atoms. The first kappa shape index (κ1) is 21.1. The smallest absolute Gasteiger partial charge is 0.195 e. The van der Waals surface area contributed by atoms with Gasteiger partial charge in [0.2, 0.25) is 0 Å². The summed E-state index contributed by atoms with van der Waals surface area (Å²) in [5.74, 6) is 0.0411. The zero-order chi connectivity index (χ0) is 22.6. The topological polar surface area (TPSA) is 72.4 Å². The first-order valence-corrected chi connectivity index (χ1v) is 11.6. The summed E-state index contributed by atoms with van der Waals surface area (Å²) in [6, 6.07) is 12.0. The second-order valence-electron chi connectivity index (χ2n) is 9.07. The molecule has 2 aromatic carbocycles. The number of hydrogen-bond acceptors (Lipinski definition) is 6. The van der Waals surface area contributed by atoms with E-state index in [0.29, 0.717) is 18.8 Å². The molecule has 0 spiro atoms. The number of carbonyl (C=O) groups is 1. The summed E-state index contributed by atoms with van der Waals surface area (Å²) < 4.78 is 7.63. The number of rotatable bonds is 3. The predicted molar refractivity (Wildman–Crippen MR) is 128 cm³/mol. The third-order valence-corrected chi connectivity index (χ3v) is 7.32. The van der Waals surface area contributed by atoms with E-state index in [0.717, 1.165) is 57.0 Å². The molecule has 2 heterocycles. The van der Waals surface area contributed by atoms with Crippen LogP contribution < -0.4 is 4.90 Å². The van der Waals surface area contributed by atoms with Crippen molar-refractivity contribution >= 4 is 34.3 Å². The number of H-pyrrole nitrogens is 1. The predicted octanol–water partition coefficient (Wildman–Crippen LogP) is 4.32. The van der Waals surface area contributed by atoms with Crippen LogP contribution in [0.15, 0.2) is 35.2 Å². The molecule has 0 atom stereocenters. The molecule has 2 aliphatic rings. The van der Waals surface area contributed by atoms with E-state index in [-0.39, 0.29) is 11.2 Å². The maximum absolute atomic E-state index is 13.8. The average Bonchev–Trinajstić information content (AvgIpc) is 3.17. The van der Waals surface area contributed by atoms with Crippen LogP contribution in [0.1, 0.15) is 46.6 Å². The number of anilines is 1. The number of nitrogens with one attached hydrogen (secondary N) is 1. The van der Waals surface area contributed by atoms with Crippen LogP contribution in [0.2, 0.25) is 0 Å². The van der Waals surface area contributed by atoms with Crippen LogP contribution >= 0.6 is 11.9 Å². The summed E-state index contributed by atoms with van der Waals surface area (Å²) in [6.07, 6.45) is 0. The van der Waals surface area contributed by atoms with E-state index in [1.165, 1.54) is 0 Å². The molecule has 1 aliphatic carbocycles. The molecule has 164 valence electrons. The largest absolute Gasteiger partial charge is 0.378 e. The summed E-state index contributed by atoms with van der Waals surface area (Å²) >= 11 is 1.64. The van der Waals surface area contributed by atoms with Gasteiger partial charge in [-0.05, 0) is 55.9 Å². The number of aromatic nitrogens is 1. The number of aromatic amines is 1. The Morgan fingerprint density at radius 3 is 2.62 bits per heavy atom. The summed E-state index contributed by atoms with van der Waals surface area (Å²) in [5, 5.41) is 10.2. The van der Waals surface area contributed by atoms with Crippen molar-refractivity contribution in [2.45, 2.75) is 24.2 Å². The molecule has 0 unspecified atom stereocenters. The van der Waals surface area contributed by atoms with E-state index in [2.05, 4.69) is 46.2 Å². The van der Waals surface area contributed by atoms with Crippen LogP contribution in [0.3, 0.4) is 0 Å². The Balaban J connectivity index is 1.73. The van der Waals surface area contributed by atoms with Crippen molar-refractivity contribution in [1.29, 1.82) is 5.26 Å². The fourth-order valence-electron chi connectivity index (χ4n) is 4.84. The van der Waals surface area contributed by atoms with Gasteiger partial charge in [-0.3, -0.25) is 9.10 Å². The number of morpholine rings is 1. The number of nitrogens with zero attached hydrogens (tertiary/aromatic N) is 3. The lowest BCUT2D eigenvalue weighted by Crippen LogP contribution is -2.37. The minimum absolute atomic E-state index is 0.0411. The van der Waals surface area contributed by atoms with Crippen LogP contribution in [-0.4, -0.2) is 55.5 Å². The summed E-state index contributed by atoms with van der Waals surface area (Å²) in [6.45, 7) is 7.42. The number of nitriles is 1. The van der Waals surface area contributed by atoms with E-state index in [4.69, 9.17) is 4.74 Å². The van der Waals surface area contributed by atoms with Crippen LogP contribution in [0.25, 0.3) is 10.9 Å². The van der Waals surface area contributed by atoms with Crippen LogP contribution in [0.4, 0.5) is 5.69 Å². The minimum Gasteiger partial charge on any atom is -0.378 e. The number of carbonyl (C=O) groups excluding carboxylic acids is 1. The lowest BCUT2D eigenvalue weighted by Gasteiger charge is -2.36. The molecule has 1 N–H and O–H groups in total. The molecule has 0 amide bonds. The average molecular weight is 447 g/mol. The first-order valence-electron chi connectivity index (χ1n) is 10.8. The molecule has 6 nitrogen and oxygen atoms in total. The van der Waals surface area contributed by atoms with Crippen LogP contribution in [-0.2, 0) is 10.2 Å². The van der Waals surface area contributed by atoms with Gasteiger partial charge >= 0.3 is 0 Å². The molecule has 5 rings (SSSR count). The van der Waals surface area contributed by atoms with Gasteiger partial charge < -0.3 is 14.6 Å². The van der Waals surface area contributed by atoms with Gasteiger partial charge in [-0.15, -0.1) is 0 Å². The zero-order valence-electron chi connectivity index (χ0n) is 18.8. The van der Waals surface area contributed by atoms with Gasteiger partial charge in [-0.25, -0.2) is 0 Å². The molecule has 1 aliphatic heterocycles. The van der Waals surface area contributed by atoms with Gasteiger partial charge in [0.25, 0.3) is 0 Å². The number of hydrogen-bond donors (Lipinski definition) is 1. The number of fused-ring (bicyclic) bond motifs is 4. The third kappa shape index (κ3) is 3.22. The molecule has 32 heavy (non-hydrogen) atoms. The highest BCUT2D eigenvalue weighted by molar-refractivity contribution is 7.97. The van der Waals surface area contributed by atoms with E-state index in [1.807, 2.05) is 26.2 Å². The first-order chi connectivity index (χ1) is 15.3. The molecule has 3 aromatic rings. The van der Waals surface area contributed by atoms with E-state index >= 15 is 0 Å². The number of ketones is 1. The second kappa shape index (κ2) is 7.66. The minimum atomic E-state index is -0.382. The highest BCUT2D eigenvalue weighted by atomic mass is 32.2. The fraction of sp³-hybridized carbons (Fsp3) is 0.360.